The van der Waals surface area contributed by atoms with Gasteiger partial charge >= 0.3 is 0 Å². The number of hydrogen-bond donors (Lipinski definition) is 2. The number of nitrogens with zero attached hydrogens (tertiary/aromatic N) is 2. The summed E-state index contributed by atoms with van der Waals surface area (Å²) < 4.78 is 4.87. The molecular weight excluding hydrogens is 144 g/mol. The molecule has 0 saturated heterocycles. The highest BCUT2D eigenvalue weighted by Gasteiger charge is 2.09. The number of nitrogens with two attached hydrogens (primary N) is 1. The molecule has 1 aliphatic rings. The zero-order chi connectivity index (χ0) is 8.10. The number of hydrazine groups is 1. The number of methoxy groups -OCH3 is 1. The molecule has 0 unspecified atom stereocenters. The van der Waals surface area contributed by atoms with E-state index in [0.717, 1.165) is 19.0 Å². The molecule has 0 bridgehead atoms. The standard InChI is InChI=1S/C6H14N4O/c1-11-5-4-10(7)6-8-2-3-9-6/h2-5,7H2,1H3,(H,8,9). The van der Waals surface area contributed by atoms with Gasteiger partial charge in [-0.2, -0.15) is 0 Å². The van der Waals surface area contributed by atoms with E-state index in [2.05, 4.69) is 10.3 Å². The van der Waals surface area contributed by atoms with Gasteiger partial charge in [-0.1, -0.05) is 0 Å². The van der Waals surface area contributed by atoms with Crippen molar-refractivity contribution >= 4 is 5.96 Å². The van der Waals surface area contributed by atoms with E-state index in [1.165, 1.54) is 0 Å². The zero-order valence-electron chi connectivity index (χ0n) is 6.71. The molecule has 1 rings (SSSR count). The molecule has 0 aromatic carbocycles. The Morgan fingerprint density at radius 1 is 1.82 bits per heavy atom. The van der Waals surface area contributed by atoms with Crippen LogP contribution in [-0.4, -0.2) is 44.3 Å². The Labute approximate surface area is 66.2 Å². The van der Waals surface area contributed by atoms with E-state index >= 15 is 0 Å². The van der Waals surface area contributed by atoms with E-state index in [4.69, 9.17) is 10.6 Å². The summed E-state index contributed by atoms with van der Waals surface area (Å²) in [4.78, 5) is 4.14. The van der Waals surface area contributed by atoms with Gasteiger partial charge in [0.15, 0.2) is 0 Å². The molecule has 5 nitrogen and oxygen atoms in total. The van der Waals surface area contributed by atoms with Gasteiger partial charge in [-0.25, -0.2) is 5.84 Å². The van der Waals surface area contributed by atoms with Crippen LogP contribution in [0.4, 0.5) is 0 Å². The topological polar surface area (TPSA) is 62.9 Å². The smallest absolute Gasteiger partial charge is 0.208 e. The minimum absolute atomic E-state index is 0.622. The van der Waals surface area contributed by atoms with Crippen molar-refractivity contribution in [3.8, 4) is 0 Å². The maximum atomic E-state index is 5.63. The summed E-state index contributed by atoms with van der Waals surface area (Å²) in [5.41, 5.74) is 0. The molecule has 0 aromatic rings. The van der Waals surface area contributed by atoms with Gasteiger partial charge in [0.05, 0.1) is 19.7 Å². The third kappa shape index (κ3) is 2.36. The van der Waals surface area contributed by atoms with Crippen molar-refractivity contribution in [2.24, 2.45) is 10.8 Å². The Morgan fingerprint density at radius 2 is 2.64 bits per heavy atom. The normalized spacial score (nSPS) is 16.0. The van der Waals surface area contributed by atoms with Crippen molar-refractivity contribution in [3.63, 3.8) is 0 Å². The first-order valence-electron chi connectivity index (χ1n) is 3.64. The van der Waals surface area contributed by atoms with Crippen LogP contribution in [0.3, 0.4) is 0 Å². The van der Waals surface area contributed by atoms with Crippen molar-refractivity contribution < 1.29 is 4.74 Å². The Kier molecular flexibility index (Phi) is 3.13. The lowest BCUT2D eigenvalue weighted by molar-refractivity contribution is 0.175. The molecule has 0 spiro atoms. The lowest BCUT2D eigenvalue weighted by atomic mass is 10.6. The highest BCUT2D eigenvalue weighted by atomic mass is 16.5. The number of ether oxygens (including phenoxy) is 1. The number of nitrogens with one attached hydrogen (secondary N) is 1. The van der Waals surface area contributed by atoms with Crippen LogP contribution in [-0.2, 0) is 4.74 Å². The van der Waals surface area contributed by atoms with Crippen LogP contribution < -0.4 is 11.2 Å². The Hall–Kier alpha value is -0.810. The maximum absolute atomic E-state index is 5.63. The van der Waals surface area contributed by atoms with Crippen molar-refractivity contribution in [1.82, 2.24) is 10.3 Å². The van der Waals surface area contributed by atoms with E-state index in [1.807, 2.05) is 0 Å². The molecule has 5 heteroatoms. The molecule has 0 aromatic heterocycles. The number of aliphatic imine (C=N–C) groups is 1. The molecule has 0 saturated carbocycles. The van der Waals surface area contributed by atoms with E-state index in [-0.39, 0.29) is 0 Å². The van der Waals surface area contributed by atoms with Crippen molar-refractivity contribution in [3.05, 3.63) is 0 Å². The molecule has 1 aliphatic heterocycles. The molecule has 0 fully saturated rings. The fourth-order valence-electron chi connectivity index (χ4n) is 0.873. The van der Waals surface area contributed by atoms with Crippen LogP contribution in [0.1, 0.15) is 0 Å². The minimum atomic E-state index is 0.622. The van der Waals surface area contributed by atoms with E-state index in [9.17, 15) is 0 Å². The quantitative estimate of drug-likeness (QED) is 0.399. The lowest BCUT2D eigenvalue weighted by Gasteiger charge is -2.17. The van der Waals surface area contributed by atoms with E-state index in [0.29, 0.717) is 13.2 Å². The fourth-order valence-corrected chi connectivity index (χ4v) is 0.873. The minimum Gasteiger partial charge on any atom is -0.383 e. The second kappa shape index (κ2) is 4.15. The predicted octanol–water partition coefficient (Wildman–Crippen LogP) is -1.23. The molecule has 1 heterocycles. The summed E-state index contributed by atoms with van der Waals surface area (Å²) >= 11 is 0. The Balaban J connectivity index is 2.23. The number of guanidine groups is 1. The van der Waals surface area contributed by atoms with E-state index < -0.39 is 0 Å². The first-order valence-corrected chi connectivity index (χ1v) is 3.64. The van der Waals surface area contributed by atoms with Gasteiger partial charge < -0.3 is 10.1 Å². The second-order valence-corrected chi connectivity index (χ2v) is 2.32. The van der Waals surface area contributed by atoms with Crippen molar-refractivity contribution in [2.45, 2.75) is 0 Å². The number of rotatable bonds is 3. The zero-order valence-corrected chi connectivity index (χ0v) is 6.71. The highest BCUT2D eigenvalue weighted by Crippen LogP contribution is 1.88. The fraction of sp³-hybridized carbons (Fsp3) is 0.833. The van der Waals surface area contributed by atoms with Crippen LogP contribution >= 0.6 is 0 Å². The van der Waals surface area contributed by atoms with Gasteiger partial charge in [0.25, 0.3) is 0 Å². The highest BCUT2D eigenvalue weighted by molar-refractivity contribution is 5.80. The largest absolute Gasteiger partial charge is 0.383 e. The van der Waals surface area contributed by atoms with Gasteiger partial charge in [0.2, 0.25) is 5.96 Å². The Bertz CT molecular complexity index is 148. The SMILES string of the molecule is COCCN(N)C1=NCCN1. The van der Waals surface area contributed by atoms with Gasteiger partial charge in [-0.05, 0) is 0 Å². The average molecular weight is 158 g/mol. The molecule has 64 valence electrons. The van der Waals surface area contributed by atoms with Gasteiger partial charge in [-0.15, -0.1) is 0 Å². The van der Waals surface area contributed by atoms with Gasteiger partial charge in [-0.3, -0.25) is 10.0 Å². The van der Waals surface area contributed by atoms with Crippen LogP contribution in [0, 0.1) is 0 Å². The van der Waals surface area contributed by atoms with E-state index in [1.54, 1.807) is 12.1 Å². The second-order valence-electron chi connectivity index (χ2n) is 2.32. The molecular formula is C6H14N4O. The molecule has 0 radical (unpaired) electrons. The lowest BCUT2D eigenvalue weighted by Crippen LogP contribution is -2.45. The first-order chi connectivity index (χ1) is 5.34. The molecule has 11 heavy (non-hydrogen) atoms. The first kappa shape index (κ1) is 8.29. The molecule has 3 N–H and O–H groups in total. The number of hydrogen-bond acceptors (Lipinski definition) is 5. The van der Waals surface area contributed by atoms with Crippen molar-refractivity contribution in [1.29, 1.82) is 0 Å². The summed E-state index contributed by atoms with van der Waals surface area (Å²) in [7, 11) is 1.65. The van der Waals surface area contributed by atoms with Crippen molar-refractivity contribution in [2.75, 3.05) is 33.4 Å². The van der Waals surface area contributed by atoms with Gasteiger partial charge in [0.1, 0.15) is 0 Å². The van der Waals surface area contributed by atoms with Crippen LogP contribution in [0.15, 0.2) is 4.99 Å². The monoisotopic (exact) mass is 158 g/mol. The predicted molar refractivity (Wildman–Crippen MR) is 43.1 cm³/mol. The summed E-state index contributed by atoms with van der Waals surface area (Å²) in [5.74, 6) is 6.39. The summed E-state index contributed by atoms with van der Waals surface area (Å²) in [6.07, 6.45) is 0. The van der Waals surface area contributed by atoms with Gasteiger partial charge in [0, 0.05) is 13.7 Å². The summed E-state index contributed by atoms with van der Waals surface area (Å²) in [5, 5.41) is 4.63. The molecule has 0 atom stereocenters. The average Bonchev–Trinajstić information content (AvgIpc) is 2.52. The summed E-state index contributed by atoms with van der Waals surface area (Å²) in [6, 6.07) is 0. The Morgan fingerprint density at radius 3 is 3.18 bits per heavy atom. The summed E-state index contributed by atoms with van der Waals surface area (Å²) in [6.45, 7) is 2.99. The maximum Gasteiger partial charge on any atom is 0.208 e. The van der Waals surface area contributed by atoms with Crippen LogP contribution in [0.2, 0.25) is 0 Å². The van der Waals surface area contributed by atoms with Crippen LogP contribution in [0.25, 0.3) is 0 Å². The molecule has 0 aliphatic carbocycles. The third-order valence-corrected chi connectivity index (χ3v) is 1.46. The molecule has 0 amide bonds. The third-order valence-electron chi connectivity index (χ3n) is 1.46. The van der Waals surface area contributed by atoms with Crippen LogP contribution in [0.5, 0.6) is 0 Å².